The Labute approximate surface area is 379 Å². The van der Waals surface area contributed by atoms with Crippen LogP contribution in [0.3, 0.4) is 0 Å². The lowest BCUT2D eigenvalue weighted by Gasteiger charge is -2.36. The van der Waals surface area contributed by atoms with Gasteiger partial charge in [0.1, 0.15) is 23.1 Å². The molecule has 3 saturated carbocycles. The second-order valence-corrected chi connectivity index (χ2v) is 19.6. The van der Waals surface area contributed by atoms with Gasteiger partial charge in [0.25, 0.3) is 0 Å². The number of hydrogen-bond donors (Lipinski definition) is 8. The van der Waals surface area contributed by atoms with Crippen LogP contribution in [0.25, 0.3) is 0 Å². The summed E-state index contributed by atoms with van der Waals surface area (Å²) in [5.74, 6) is 11.1. The predicted molar refractivity (Wildman–Crippen MR) is 241 cm³/mol. The van der Waals surface area contributed by atoms with Crippen LogP contribution in [0, 0.1) is 4.77 Å². The third-order valence-corrected chi connectivity index (χ3v) is 14.9. The van der Waals surface area contributed by atoms with Crippen LogP contribution in [0.2, 0.25) is 15.1 Å². The highest BCUT2D eigenvalue weighted by molar-refractivity contribution is 7.80. The molecule has 0 aliphatic heterocycles. The van der Waals surface area contributed by atoms with Crippen molar-refractivity contribution in [3.05, 3.63) is 116 Å². The minimum absolute atomic E-state index is 0.0171. The third kappa shape index (κ3) is 11.4. The molecule has 19 heteroatoms. The molecule has 11 nitrogen and oxygen atoms in total. The van der Waals surface area contributed by atoms with E-state index < -0.39 is 31.4 Å². The number of nitrogens with zero attached hydrogens (tertiary/aromatic N) is 3. The molecule has 0 saturated heterocycles. The molecule has 3 aliphatic carbocycles. The molecule has 316 valence electrons. The summed E-state index contributed by atoms with van der Waals surface area (Å²) in [6.07, 6.45) is 7.18. The summed E-state index contributed by atoms with van der Waals surface area (Å²) in [5, 5.41) is 38.8. The van der Waals surface area contributed by atoms with Crippen molar-refractivity contribution in [1.82, 2.24) is 25.2 Å². The molecule has 1 aromatic heterocycles. The fourth-order valence-corrected chi connectivity index (χ4v) is 8.38. The molecule has 1 heterocycles. The summed E-state index contributed by atoms with van der Waals surface area (Å²) in [4.78, 5) is 2.07. The van der Waals surface area contributed by atoms with Gasteiger partial charge >= 0.3 is 0 Å². The number of nitrogens with two attached hydrogens (primary N) is 3. The Morgan fingerprint density at radius 3 is 1.48 bits per heavy atom. The van der Waals surface area contributed by atoms with E-state index in [-0.39, 0.29) is 24.7 Å². The minimum atomic E-state index is -1.24. The fraction of sp³-hybridized carbons (Fsp3) is 0.462. The number of benzene rings is 3. The Morgan fingerprint density at radius 2 is 1.12 bits per heavy atom. The van der Waals surface area contributed by atoms with Gasteiger partial charge in [-0.3, -0.25) is 26.1 Å². The maximum Gasteiger partial charge on any atom is 0.215 e. The Bertz CT molecular complexity index is 2100. The molecule has 0 amide bonds. The van der Waals surface area contributed by atoms with Crippen LogP contribution >= 0.6 is 94.0 Å². The van der Waals surface area contributed by atoms with E-state index in [1.165, 1.54) is 6.33 Å². The van der Waals surface area contributed by atoms with E-state index in [1.54, 1.807) is 16.8 Å². The van der Waals surface area contributed by atoms with E-state index in [0.717, 1.165) is 60.2 Å². The molecule has 3 unspecified atom stereocenters. The zero-order chi connectivity index (χ0) is 42.6. The number of rotatable bonds is 15. The predicted octanol–water partition coefficient (Wildman–Crippen LogP) is 6.99. The number of halogens is 6. The van der Waals surface area contributed by atoms with E-state index in [4.69, 9.17) is 111 Å². The van der Waals surface area contributed by atoms with Crippen LogP contribution in [0.1, 0.15) is 55.2 Å². The smallest absolute Gasteiger partial charge is 0.215 e. The van der Waals surface area contributed by atoms with Crippen molar-refractivity contribution in [3.63, 3.8) is 0 Å². The Kier molecular flexibility index (Phi) is 15.5. The first-order valence-electron chi connectivity index (χ1n) is 18.5. The average Bonchev–Trinajstić information content (AvgIpc) is 4.13. The van der Waals surface area contributed by atoms with Crippen LogP contribution in [0.4, 0.5) is 0 Å². The first-order chi connectivity index (χ1) is 27.2. The minimum Gasteiger partial charge on any atom is -0.386 e. The average molecular weight is 954 g/mol. The number of H-pyrrole nitrogens is 1. The molecule has 0 bridgehead atoms. The number of aromatic amines is 1. The third-order valence-electron chi connectivity index (χ3n) is 11.0. The van der Waals surface area contributed by atoms with E-state index in [0.29, 0.717) is 39.1 Å². The van der Waals surface area contributed by atoms with Crippen molar-refractivity contribution in [1.29, 1.82) is 0 Å². The van der Waals surface area contributed by atoms with Crippen molar-refractivity contribution < 1.29 is 15.3 Å². The topological polar surface area (TPSA) is 188 Å². The van der Waals surface area contributed by atoms with Crippen LogP contribution in [0.15, 0.2) is 79.1 Å². The van der Waals surface area contributed by atoms with Crippen molar-refractivity contribution in [3.8, 4) is 0 Å². The Balaban J connectivity index is 0.000000167. The van der Waals surface area contributed by atoms with Gasteiger partial charge in [0.2, 0.25) is 4.77 Å². The van der Waals surface area contributed by atoms with Gasteiger partial charge in [-0.05, 0) is 97.9 Å². The molecule has 3 aromatic carbocycles. The summed E-state index contributed by atoms with van der Waals surface area (Å²) in [5.41, 5.74) is 7.15. The first kappa shape index (κ1) is 47.3. The van der Waals surface area contributed by atoms with Gasteiger partial charge in [-0.1, -0.05) is 89.4 Å². The molecule has 3 aliphatic rings. The summed E-state index contributed by atoms with van der Waals surface area (Å²) in [6, 6.07) is 22.3. The van der Waals surface area contributed by atoms with Crippen molar-refractivity contribution in [2.45, 2.75) is 95.8 Å². The number of thiocarbonyl (C=S) groups is 1. The maximum absolute atomic E-state index is 11.2. The number of aromatic nitrogens is 3. The van der Waals surface area contributed by atoms with E-state index in [9.17, 15) is 15.3 Å². The molecular formula is C39H48Cl6N8O3S2. The second-order valence-electron chi connectivity index (χ2n) is 15.4. The highest BCUT2D eigenvalue weighted by atomic mass is 35.5. The van der Waals surface area contributed by atoms with Gasteiger partial charge in [0.05, 0.1) is 27.7 Å². The van der Waals surface area contributed by atoms with Crippen LogP contribution < -0.4 is 22.8 Å². The molecular weight excluding hydrogens is 905 g/mol. The highest BCUT2D eigenvalue weighted by Gasteiger charge is 2.60. The normalized spacial score (nSPS) is 19.7. The first-order valence-corrected chi connectivity index (χ1v) is 21.6. The van der Waals surface area contributed by atoms with Gasteiger partial charge in [0.15, 0.2) is 5.11 Å². The Morgan fingerprint density at radius 1 is 0.741 bits per heavy atom. The molecule has 3 atom stereocenters. The standard InChI is InChI=1S/C14H15Cl2N3OS.C13H17Cl2N3OS.C12H16Cl2N2O/c15-11-4-2-1-3-10(11)7-14(20,13(16)5-6-13)8-19-12(21)17-9-18-19;14-10-4-2-1-3-9(10)7-13(19,12(15)5-6-12)8-18(17)11(16)20;13-10-4-2-1-3-9(10)7-12(17,8-16-15)11(14)5-6-11/h1-4,9,20H,5-8H2,(H,17,18,21);1-4,19H,5-8,17H2,(H2,16,20);1-4,16-17H,5-8,15H2. The van der Waals surface area contributed by atoms with Gasteiger partial charge in [-0.2, -0.15) is 0 Å². The largest absolute Gasteiger partial charge is 0.386 e. The summed E-state index contributed by atoms with van der Waals surface area (Å²) >= 11 is 47.7. The van der Waals surface area contributed by atoms with Crippen LogP contribution in [0.5, 0.6) is 0 Å². The lowest BCUT2D eigenvalue weighted by atomic mass is 9.88. The molecule has 0 radical (unpaired) electrons. The second kappa shape index (κ2) is 19.1. The zero-order valence-corrected chi connectivity index (χ0v) is 37.7. The lowest BCUT2D eigenvalue weighted by molar-refractivity contribution is 0.00720. The van der Waals surface area contributed by atoms with Gasteiger partial charge < -0.3 is 21.1 Å². The lowest BCUT2D eigenvalue weighted by Crippen LogP contribution is -2.57. The molecule has 0 spiro atoms. The maximum atomic E-state index is 11.2. The molecule has 11 N–H and O–H groups in total. The van der Waals surface area contributed by atoms with Crippen molar-refractivity contribution >= 4 is 99.2 Å². The van der Waals surface area contributed by atoms with E-state index in [1.807, 2.05) is 60.7 Å². The summed E-state index contributed by atoms with van der Waals surface area (Å²) < 4.78 is 2.03. The fourth-order valence-electron chi connectivity index (χ4n) is 6.87. The van der Waals surface area contributed by atoms with Gasteiger partial charge in [0, 0.05) is 40.9 Å². The van der Waals surface area contributed by atoms with E-state index >= 15 is 0 Å². The summed E-state index contributed by atoms with van der Waals surface area (Å²) in [6.45, 7) is 0.583. The number of nitrogens with one attached hydrogen (secondary N) is 2. The van der Waals surface area contributed by atoms with Crippen molar-refractivity contribution in [2.24, 2.45) is 17.4 Å². The SMILES string of the molecule is NC(=S)N(N)CC(O)(Cc1ccccc1Cl)C1(Cl)CC1.NNCC(O)(Cc1ccccc1Cl)C1(Cl)CC1.OC(Cc1ccccc1Cl)(Cn1[nH]cnc1=S)C1(Cl)CC1. The van der Waals surface area contributed by atoms with Crippen LogP contribution in [-0.2, 0) is 25.8 Å². The number of aliphatic hydroxyl groups is 3. The van der Waals surface area contributed by atoms with Crippen molar-refractivity contribution in [2.75, 3.05) is 13.1 Å². The highest BCUT2D eigenvalue weighted by Crippen LogP contribution is 2.54. The van der Waals surface area contributed by atoms with Gasteiger partial charge in [-0.15, -0.1) is 34.8 Å². The quantitative estimate of drug-likeness (QED) is 0.0266. The number of hydrogen-bond acceptors (Lipinski definition) is 9. The Hall–Kier alpha value is -1.79. The van der Waals surface area contributed by atoms with Crippen LogP contribution in [-0.4, -0.2) is 84.7 Å². The zero-order valence-electron chi connectivity index (χ0n) is 31.5. The van der Waals surface area contributed by atoms with E-state index in [2.05, 4.69) is 15.5 Å². The molecule has 58 heavy (non-hydrogen) atoms. The number of hydrazine groups is 2. The van der Waals surface area contributed by atoms with Gasteiger partial charge in [-0.25, -0.2) is 10.8 Å². The number of alkyl halides is 3. The molecule has 3 fully saturated rings. The molecule has 4 aromatic rings. The summed E-state index contributed by atoms with van der Waals surface area (Å²) in [7, 11) is 0. The monoisotopic (exact) mass is 950 g/mol. The molecule has 7 rings (SSSR count).